The Labute approximate surface area is 119 Å². The fourth-order valence-electron chi connectivity index (χ4n) is 2.45. The zero-order valence-electron chi connectivity index (χ0n) is 11.3. The van der Waals surface area contributed by atoms with Crippen LogP contribution in [0.4, 0.5) is 10.1 Å². The van der Waals surface area contributed by atoms with Gasteiger partial charge in [-0.05, 0) is 25.8 Å². The first-order valence-electron chi connectivity index (χ1n) is 6.44. The van der Waals surface area contributed by atoms with Crippen LogP contribution in [0.3, 0.4) is 0 Å². The molecule has 0 aliphatic carbocycles. The van der Waals surface area contributed by atoms with Crippen molar-refractivity contribution < 1.29 is 9.18 Å². The molecular formula is C13H15FN4OS. The van der Waals surface area contributed by atoms with Crippen molar-refractivity contribution in [1.82, 2.24) is 15.1 Å². The summed E-state index contributed by atoms with van der Waals surface area (Å²) in [5.41, 5.74) is 8.29. The molecule has 20 heavy (non-hydrogen) atoms. The van der Waals surface area contributed by atoms with Crippen LogP contribution in [0.25, 0.3) is 10.2 Å². The molecule has 0 bridgehead atoms. The molecular weight excluding hydrogens is 279 g/mol. The third-order valence-corrected chi connectivity index (χ3v) is 4.83. The highest BCUT2D eigenvalue weighted by Gasteiger charge is 2.30. The van der Waals surface area contributed by atoms with Gasteiger partial charge in [-0.25, -0.2) is 4.39 Å². The minimum absolute atomic E-state index is 0.149. The fourth-order valence-corrected chi connectivity index (χ4v) is 3.51. The van der Waals surface area contributed by atoms with E-state index in [1.165, 1.54) is 16.2 Å². The van der Waals surface area contributed by atoms with Gasteiger partial charge in [0.25, 0.3) is 5.91 Å². The van der Waals surface area contributed by atoms with Crippen molar-refractivity contribution in [2.45, 2.75) is 26.4 Å². The maximum Gasteiger partial charge on any atom is 0.266 e. The molecule has 1 fully saturated rings. The predicted molar refractivity (Wildman–Crippen MR) is 76.7 cm³/mol. The normalized spacial score (nSPS) is 18.9. The highest BCUT2D eigenvalue weighted by atomic mass is 32.1. The summed E-state index contributed by atoms with van der Waals surface area (Å²) in [5, 5.41) is 8.93. The maximum absolute atomic E-state index is 13.2. The number of thiophene rings is 1. The summed E-state index contributed by atoms with van der Waals surface area (Å²) in [4.78, 5) is 15.0. The summed E-state index contributed by atoms with van der Waals surface area (Å²) in [6.07, 6.45) is -0.535. The number of carbonyl (C=O) groups is 1. The molecule has 3 heterocycles. The van der Waals surface area contributed by atoms with E-state index in [1.54, 1.807) is 0 Å². The molecule has 1 amide bonds. The van der Waals surface area contributed by atoms with Gasteiger partial charge in [0.2, 0.25) is 0 Å². The van der Waals surface area contributed by atoms with Crippen molar-refractivity contribution >= 4 is 33.1 Å². The van der Waals surface area contributed by atoms with Gasteiger partial charge in [0.1, 0.15) is 15.9 Å². The third-order valence-electron chi connectivity index (χ3n) is 3.75. The van der Waals surface area contributed by atoms with Gasteiger partial charge in [0, 0.05) is 11.9 Å². The van der Waals surface area contributed by atoms with Crippen molar-refractivity contribution in [3.63, 3.8) is 0 Å². The maximum atomic E-state index is 13.2. The van der Waals surface area contributed by atoms with Gasteiger partial charge in [-0.3, -0.25) is 4.79 Å². The third kappa shape index (κ3) is 1.93. The second kappa shape index (κ2) is 4.66. The summed E-state index contributed by atoms with van der Waals surface area (Å²) in [6.45, 7) is 4.36. The van der Waals surface area contributed by atoms with E-state index < -0.39 is 6.17 Å². The van der Waals surface area contributed by atoms with Crippen LogP contribution >= 0.6 is 11.3 Å². The number of carbonyl (C=O) groups excluding carboxylic acids is 1. The van der Waals surface area contributed by atoms with Crippen LogP contribution in [-0.4, -0.2) is 40.3 Å². The number of amides is 1. The highest BCUT2D eigenvalue weighted by Crippen LogP contribution is 2.36. The quantitative estimate of drug-likeness (QED) is 0.874. The molecule has 0 radical (unpaired) electrons. The lowest BCUT2D eigenvalue weighted by atomic mass is 10.1. The number of hydrogen-bond donors (Lipinski definition) is 1. The number of halogens is 1. The number of anilines is 1. The van der Waals surface area contributed by atoms with Gasteiger partial charge < -0.3 is 10.6 Å². The van der Waals surface area contributed by atoms with Crippen LogP contribution in [0.1, 0.15) is 27.3 Å². The number of likely N-dealkylation sites (tertiary alicyclic amines) is 1. The molecule has 1 aliphatic rings. The van der Waals surface area contributed by atoms with Crippen LogP contribution in [0.2, 0.25) is 0 Å². The lowest BCUT2D eigenvalue weighted by Crippen LogP contribution is -2.28. The van der Waals surface area contributed by atoms with Crippen LogP contribution in [0.5, 0.6) is 0 Å². The monoisotopic (exact) mass is 294 g/mol. The van der Waals surface area contributed by atoms with Crippen LogP contribution in [0.15, 0.2) is 0 Å². The van der Waals surface area contributed by atoms with Crippen LogP contribution < -0.4 is 5.73 Å². The first kappa shape index (κ1) is 13.2. The number of rotatable bonds is 1. The summed E-state index contributed by atoms with van der Waals surface area (Å²) in [7, 11) is 0. The van der Waals surface area contributed by atoms with E-state index in [0.29, 0.717) is 28.4 Å². The molecule has 0 spiro atoms. The van der Waals surface area contributed by atoms with Crippen molar-refractivity contribution in [1.29, 1.82) is 0 Å². The number of nitrogens with two attached hydrogens (primary N) is 1. The Bertz CT molecular complexity index is 699. The zero-order valence-corrected chi connectivity index (χ0v) is 12.1. The smallest absolute Gasteiger partial charge is 0.266 e. The summed E-state index contributed by atoms with van der Waals surface area (Å²) in [5.74, 6) is -0.206. The molecule has 1 unspecified atom stereocenters. The van der Waals surface area contributed by atoms with E-state index in [0.717, 1.165) is 16.6 Å². The summed E-state index contributed by atoms with van der Waals surface area (Å²) >= 11 is 1.23. The molecule has 2 aromatic heterocycles. The Balaban J connectivity index is 2.06. The number of nitrogen functional groups attached to an aromatic ring is 1. The van der Waals surface area contributed by atoms with Crippen molar-refractivity contribution in [3.05, 3.63) is 16.1 Å². The van der Waals surface area contributed by atoms with E-state index >= 15 is 0 Å². The van der Waals surface area contributed by atoms with Gasteiger partial charge in [0.05, 0.1) is 17.9 Å². The minimum atomic E-state index is -0.932. The van der Waals surface area contributed by atoms with Crippen molar-refractivity contribution in [3.8, 4) is 0 Å². The van der Waals surface area contributed by atoms with E-state index in [1.807, 2.05) is 13.8 Å². The van der Waals surface area contributed by atoms with Crippen LogP contribution in [-0.2, 0) is 0 Å². The van der Waals surface area contributed by atoms with E-state index in [9.17, 15) is 9.18 Å². The summed E-state index contributed by atoms with van der Waals surface area (Å²) < 4.78 is 13.2. The number of hydrogen-bond acceptors (Lipinski definition) is 5. The van der Waals surface area contributed by atoms with Gasteiger partial charge in [0.15, 0.2) is 0 Å². The van der Waals surface area contributed by atoms with Gasteiger partial charge in [-0.1, -0.05) is 0 Å². The van der Waals surface area contributed by atoms with E-state index in [2.05, 4.69) is 10.2 Å². The number of nitrogens with zero attached hydrogens (tertiary/aromatic N) is 3. The Morgan fingerprint density at radius 1 is 1.45 bits per heavy atom. The average Bonchev–Trinajstić information content (AvgIpc) is 2.98. The highest BCUT2D eigenvalue weighted by molar-refractivity contribution is 7.21. The van der Waals surface area contributed by atoms with E-state index in [-0.39, 0.29) is 12.5 Å². The van der Waals surface area contributed by atoms with Crippen molar-refractivity contribution in [2.75, 3.05) is 18.8 Å². The Kier molecular flexibility index (Phi) is 3.08. The number of aryl methyl sites for hydroxylation is 2. The second-order valence-corrected chi connectivity index (χ2v) is 6.07. The topological polar surface area (TPSA) is 72.1 Å². The first-order valence-corrected chi connectivity index (χ1v) is 7.26. The number of fused-ring (bicyclic) bond motifs is 1. The molecule has 5 nitrogen and oxygen atoms in total. The Hall–Kier alpha value is -1.76. The fraction of sp³-hybridized carbons (Fsp3) is 0.462. The minimum Gasteiger partial charge on any atom is -0.397 e. The molecule has 7 heteroatoms. The Morgan fingerprint density at radius 3 is 2.85 bits per heavy atom. The van der Waals surface area contributed by atoms with Gasteiger partial charge >= 0.3 is 0 Å². The van der Waals surface area contributed by atoms with Crippen molar-refractivity contribution in [2.24, 2.45) is 0 Å². The van der Waals surface area contributed by atoms with Gasteiger partial charge in [-0.2, -0.15) is 5.10 Å². The molecule has 106 valence electrons. The predicted octanol–water partition coefficient (Wildman–Crippen LogP) is 2.07. The molecule has 3 rings (SSSR count). The number of alkyl halides is 1. The average molecular weight is 294 g/mol. The largest absolute Gasteiger partial charge is 0.397 e. The molecule has 0 aromatic carbocycles. The second-order valence-electron chi connectivity index (χ2n) is 5.07. The lowest BCUT2D eigenvalue weighted by molar-refractivity contribution is 0.0788. The van der Waals surface area contributed by atoms with E-state index in [4.69, 9.17) is 5.73 Å². The SMILES string of the molecule is Cc1nnc2sc(C(=O)N3CCC(F)C3)c(N)c2c1C. The first-order chi connectivity index (χ1) is 9.49. The standard InChI is InChI=1S/C13H15FN4OS/c1-6-7(2)16-17-12-9(6)10(15)11(20-12)13(19)18-4-3-8(14)5-18/h8H,3-5,15H2,1-2H3. The molecule has 2 N–H and O–H groups in total. The number of aromatic nitrogens is 2. The Morgan fingerprint density at radius 2 is 2.20 bits per heavy atom. The summed E-state index contributed by atoms with van der Waals surface area (Å²) in [6, 6.07) is 0. The molecule has 1 saturated heterocycles. The molecule has 1 atom stereocenters. The molecule has 0 saturated carbocycles. The van der Waals surface area contributed by atoms with Crippen LogP contribution in [0, 0.1) is 13.8 Å². The van der Waals surface area contributed by atoms with Gasteiger partial charge in [-0.15, -0.1) is 16.4 Å². The zero-order chi connectivity index (χ0) is 14.4. The molecule has 1 aliphatic heterocycles. The lowest BCUT2D eigenvalue weighted by Gasteiger charge is -2.14. The molecule has 2 aromatic rings.